The third-order valence-corrected chi connectivity index (χ3v) is 2.86. The number of nitrogens with one attached hydrogen (secondary N) is 1. The van der Waals surface area contributed by atoms with E-state index >= 15 is 0 Å². The quantitative estimate of drug-likeness (QED) is 0.305. The number of hydrogen-bond acceptors (Lipinski definition) is 5. The molecule has 0 aliphatic heterocycles. The number of allylic oxidation sites excluding steroid dienone is 6. The predicted octanol–water partition coefficient (Wildman–Crippen LogP) is 3.42. The van der Waals surface area contributed by atoms with Crippen LogP contribution in [0.3, 0.4) is 0 Å². The van der Waals surface area contributed by atoms with E-state index < -0.39 is 11.8 Å². The summed E-state index contributed by atoms with van der Waals surface area (Å²) < 4.78 is 0. The lowest BCUT2D eigenvalue weighted by molar-refractivity contribution is -0.117. The van der Waals surface area contributed by atoms with E-state index in [1.54, 1.807) is 43.4 Å². The second-order valence-electron chi connectivity index (χ2n) is 4.97. The Balaban J connectivity index is 2.96. The lowest BCUT2D eigenvalue weighted by Crippen LogP contribution is -2.23. The second-order valence-corrected chi connectivity index (χ2v) is 4.97. The lowest BCUT2D eigenvalue weighted by Gasteiger charge is -2.05. The van der Waals surface area contributed by atoms with Gasteiger partial charge < -0.3 is 16.2 Å². The minimum absolute atomic E-state index is 0.245. The fourth-order valence-corrected chi connectivity index (χ4v) is 1.67. The predicted molar refractivity (Wildman–Crippen MR) is 96.0 cm³/mol. The van der Waals surface area contributed by atoms with Gasteiger partial charge in [0.15, 0.2) is 5.70 Å². The van der Waals surface area contributed by atoms with Crippen molar-refractivity contribution in [1.82, 2.24) is 5.32 Å². The van der Waals surface area contributed by atoms with Crippen LogP contribution < -0.4 is 11.1 Å². The summed E-state index contributed by atoms with van der Waals surface area (Å²) in [6, 6.07) is 6.14. The number of aliphatic hydroxyl groups is 1. The Morgan fingerprint density at radius 3 is 2.60 bits per heavy atom. The number of primary amides is 1. The molecule has 7 heteroatoms. The van der Waals surface area contributed by atoms with Crippen molar-refractivity contribution in [2.24, 2.45) is 16.0 Å². The van der Waals surface area contributed by atoms with Crippen LogP contribution >= 0.6 is 0 Å². The molecule has 0 unspecified atom stereocenters. The number of rotatable bonds is 7. The first kappa shape index (κ1) is 19.6. The maximum atomic E-state index is 12.2. The number of aliphatic hydroxyl groups excluding tert-OH is 1. The van der Waals surface area contributed by atoms with Gasteiger partial charge in [0.05, 0.1) is 5.69 Å². The highest BCUT2D eigenvalue weighted by molar-refractivity contribution is 5.94. The van der Waals surface area contributed by atoms with E-state index in [0.29, 0.717) is 11.4 Å². The Bertz CT molecular complexity index is 785. The van der Waals surface area contributed by atoms with E-state index in [9.17, 15) is 14.7 Å². The molecule has 1 aromatic carbocycles. The van der Waals surface area contributed by atoms with Crippen LogP contribution in [0.15, 0.2) is 82.5 Å². The lowest BCUT2D eigenvalue weighted by atomic mass is 10.2. The fraction of sp³-hybridized carbons (Fsp3) is 0.111. The summed E-state index contributed by atoms with van der Waals surface area (Å²) in [6.07, 6.45) is 6.67. The van der Waals surface area contributed by atoms with Gasteiger partial charge in [-0.05, 0) is 38.1 Å². The van der Waals surface area contributed by atoms with E-state index in [0.717, 1.165) is 0 Å². The Hall–Kier alpha value is -3.48. The summed E-state index contributed by atoms with van der Waals surface area (Å²) in [5.41, 5.74) is 6.09. The third-order valence-electron chi connectivity index (χ3n) is 2.86. The summed E-state index contributed by atoms with van der Waals surface area (Å²) in [7, 11) is 0. The van der Waals surface area contributed by atoms with Gasteiger partial charge in [0.2, 0.25) is 5.91 Å². The molecule has 4 N–H and O–H groups in total. The molecule has 1 rings (SSSR count). The molecule has 0 bridgehead atoms. The van der Waals surface area contributed by atoms with Crippen LogP contribution in [0, 0.1) is 0 Å². The summed E-state index contributed by atoms with van der Waals surface area (Å²) in [4.78, 5) is 23.3. The van der Waals surface area contributed by atoms with Crippen LogP contribution in [0.2, 0.25) is 0 Å². The highest BCUT2D eigenvalue weighted by Gasteiger charge is 2.13. The number of carbonyl (C=O) groups excluding carboxylic acids is 2. The Morgan fingerprint density at radius 1 is 1.28 bits per heavy atom. The van der Waals surface area contributed by atoms with Crippen LogP contribution in [0.4, 0.5) is 5.69 Å². The molecule has 0 aliphatic carbocycles. The zero-order valence-electron chi connectivity index (χ0n) is 14.1. The Labute approximate surface area is 146 Å². The first-order chi connectivity index (χ1) is 11.8. The van der Waals surface area contributed by atoms with Crippen LogP contribution in [0.5, 0.6) is 0 Å². The highest BCUT2D eigenvalue weighted by atomic mass is 16.3. The molecule has 0 saturated carbocycles. The summed E-state index contributed by atoms with van der Waals surface area (Å²) in [5.74, 6) is -1.51. The van der Waals surface area contributed by atoms with Crippen molar-refractivity contribution in [2.75, 3.05) is 0 Å². The van der Waals surface area contributed by atoms with Crippen molar-refractivity contribution in [3.63, 3.8) is 0 Å². The van der Waals surface area contributed by atoms with Gasteiger partial charge in [0.25, 0.3) is 5.91 Å². The molecule has 0 heterocycles. The number of nitrogens with zero attached hydrogens (tertiary/aromatic N) is 2. The average molecular weight is 340 g/mol. The molecule has 25 heavy (non-hydrogen) atoms. The molecule has 0 atom stereocenters. The number of hydrogen-bond donors (Lipinski definition) is 3. The molecular weight excluding hydrogens is 320 g/mol. The average Bonchev–Trinajstić information content (AvgIpc) is 2.55. The molecule has 7 nitrogen and oxygen atoms in total. The minimum atomic E-state index is -0.615. The summed E-state index contributed by atoms with van der Waals surface area (Å²) in [6.45, 7) is 6.55. The first-order valence-corrected chi connectivity index (χ1v) is 7.34. The molecule has 0 spiro atoms. The highest BCUT2D eigenvalue weighted by Crippen LogP contribution is 2.17. The van der Waals surface area contributed by atoms with Crippen molar-refractivity contribution in [2.45, 2.75) is 13.8 Å². The van der Waals surface area contributed by atoms with E-state index in [4.69, 9.17) is 5.73 Å². The molecule has 0 fully saturated rings. The van der Waals surface area contributed by atoms with Gasteiger partial charge in [0.1, 0.15) is 5.76 Å². The largest absolute Gasteiger partial charge is 0.510 e. The van der Waals surface area contributed by atoms with Crippen LogP contribution in [-0.4, -0.2) is 16.9 Å². The van der Waals surface area contributed by atoms with Crippen molar-refractivity contribution in [1.29, 1.82) is 0 Å². The maximum absolute atomic E-state index is 12.2. The molecule has 1 aromatic rings. The molecule has 130 valence electrons. The zero-order chi connectivity index (χ0) is 18.8. The molecule has 0 aliphatic rings. The maximum Gasteiger partial charge on any atom is 0.279 e. The van der Waals surface area contributed by atoms with Crippen molar-refractivity contribution >= 4 is 17.5 Å². The fourth-order valence-electron chi connectivity index (χ4n) is 1.67. The van der Waals surface area contributed by atoms with Crippen LogP contribution in [-0.2, 0) is 4.79 Å². The molecular formula is C18H20N4O3. The van der Waals surface area contributed by atoms with Gasteiger partial charge in [-0.1, -0.05) is 30.9 Å². The van der Waals surface area contributed by atoms with Crippen molar-refractivity contribution in [3.05, 3.63) is 77.9 Å². The van der Waals surface area contributed by atoms with E-state index in [1.807, 2.05) is 0 Å². The number of amides is 2. The van der Waals surface area contributed by atoms with Crippen molar-refractivity contribution < 1.29 is 14.7 Å². The number of nitrogens with two attached hydrogens (primary N) is 1. The molecule has 0 saturated heterocycles. The van der Waals surface area contributed by atoms with Gasteiger partial charge in [-0.3, -0.25) is 9.59 Å². The number of carbonyl (C=O) groups is 2. The summed E-state index contributed by atoms with van der Waals surface area (Å²) in [5, 5.41) is 19.9. The zero-order valence-corrected chi connectivity index (χ0v) is 14.1. The number of azo groups is 1. The Morgan fingerprint density at radius 2 is 2.00 bits per heavy atom. The van der Waals surface area contributed by atoms with Gasteiger partial charge in [-0.25, -0.2) is 0 Å². The minimum Gasteiger partial charge on any atom is -0.510 e. The Kier molecular flexibility index (Phi) is 7.52. The SMILES string of the molecule is C=C/C=C\C=C(/C)NC(=O)C(N=Nc1cccc(C(N)=O)c1)=C(C)O. The molecule has 0 radical (unpaired) electrons. The number of benzene rings is 1. The first-order valence-electron chi connectivity index (χ1n) is 7.34. The summed E-state index contributed by atoms with van der Waals surface area (Å²) >= 11 is 0. The van der Waals surface area contributed by atoms with E-state index in [1.165, 1.54) is 19.1 Å². The molecule has 2 amide bonds. The van der Waals surface area contributed by atoms with E-state index in [2.05, 4.69) is 22.1 Å². The second kappa shape index (κ2) is 9.61. The van der Waals surface area contributed by atoms with Gasteiger partial charge in [0, 0.05) is 11.3 Å². The van der Waals surface area contributed by atoms with Gasteiger partial charge >= 0.3 is 0 Å². The standard InChI is InChI=1S/C18H20N4O3/c1-4-5-6-8-12(2)20-18(25)16(13(3)23)22-21-15-10-7-9-14(11-15)17(19)24/h4-11,23H,1H2,2-3H3,(H2,19,24)(H,20,25)/b6-5-,12-8+,16-13?,22-21?. The van der Waals surface area contributed by atoms with E-state index in [-0.39, 0.29) is 17.0 Å². The van der Waals surface area contributed by atoms with Gasteiger partial charge in [-0.2, -0.15) is 5.11 Å². The van der Waals surface area contributed by atoms with Crippen molar-refractivity contribution in [3.8, 4) is 0 Å². The van der Waals surface area contributed by atoms with Gasteiger partial charge in [-0.15, -0.1) is 5.11 Å². The monoisotopic (exact) mass is 340 g/mol. The molecule has 0 aromatic heterocycles. The smallest absolute Gasteiger partial charge is 0.279 e. The van der Waals surface area contributed by atoms with Crippen LogP contribution in [0.25, 0.3) is 0 Å². The topological polar surface area (TPSA) is 117 Å². The third kappa shape index (κ3) is 6.66. The van der Waals surface area contributed by atoms with Crippen LogP contribution in [0.1, 0.15) is 24.2 Å². The normalized spacial score (nSPS) is 13.0.